The molecule has 0 saturated carbocycles. The normalized spacial score (nSPS) is 16.1. The Kier molecular flexibility index (Phi) is 11.4. The molecule has 6 heteroatoms. The molecule has 1 aliphatic heterocycles. The fourth-order valence-corrected chi connectivity index (χ4v) is 2.54. The summed E-state index contributed by atoms with van der Waals surface area (Å²) in [5.74, 6) is 0.101. The molecule has 0 spiro atoms. The summed E-state index contributed by atoms with van der Waals surface area (Å²) in [6.45, 7) is 6.55. The van der Waals surface area contributed by atoms with Crippen LogP contribution in [0.3, 0.4) is 0 Å². The Morgan fingerprint density at radius 3 is 2.52 bits per heavy atom. The van der Waals surface area contributed by atoms with E-state index in [1.807, 2.05) is 31.2 Å². The molecule has 27 heavy (non-hydrogen) atoms. The number of nitrogens with zero attached hydrogens (tertiary/aromatic N) is 2. The number of amides is 2. The van der Waals surface area contributed by atoms with Crippen LogP contribution in [0.5, 0.6) is 0 Å². The van der Waals surface area contributed by atoms with Gasteiger partial charge < -0.3 is 19.3 Å². The number of carbonyl (C=O) groups is 2. The van der Waals surface area contributed by atoms with Gasteiger partial charge in [-0.15, -0.1) is 0 Å². The van der Waals surface area contributed by atoms with Gasteiger partial charge in [-0.05, 0) is 38.2 Å². The number of carbonyl (C=O) groups excluding carboxylic acids is 2. The van der Waals surface area contributed by atoms with E-state index in [4.69, 9.17) is 9.47 Å². The molecular weight excluding hydrogens is 344 g/mol. The zero-order valence-electron chi connectivity index (χ0n) is 17.1. The van der Waals surface area contributed by atoms with Gasteiger partial charge in [-0.25, -0.2) is 0 Å². The minimum Gasteiger partial charge on any atom is -0.353 e. The number of benzene rings is 1. The Balaban J connectivity index is 0.000000277. The molecule has 1 aromatic rings. The van der Waals surface area contributed by atoms with Gasteiger partial charge in [0, 0.05) is 40.7 Å². The zero-order chi connectivity index (χ0) is 20.1. The van der Waals surface area contributed by atoms with E-state index in [1.54, 1.807) is 30.8 Å². The van der Waals surface area contributed by atoms with Gasteiger partial charge in [0.15, 0.2) is 6.29 Å². The number of aryl methyl sites for hydroxylation is 1. The Labute approximate surface area is 163 Å². The third-order valence-corrected chi connectivity index (χ3v) is 4.35. The fraction of sp³-hybridized carbons (Fsp3) is 0.619. The fourth-order valence-electron chi connectivity index (χ4n) is 2.54. The second-order valence-electron chi connectivity index (χ2n) is 6.97. The van der Waals surface area contributed by atoms with Crippen molar-refractivity contribution in [3.05, 3.63) is 35.4 Å². The van der Waals surface area contributed by atoms with Crippen LogP contribution < -0.4 is 0 Å². The average Bonchev–Trinajstić information content (AvgIpc) is 2.68. The minimum absolute atomic E-state index is 0.0126. The first-order valence-corrected chi connectivity index (χ1v) is 9.58. The molecule has 2 rings (SSSR count). The average molecular weight is 379 g/mol. The largest absolute Gasteiger partial charge is 0.353 e. The maximum absolute atomic E-state index is 10.9. The molecule has 1 saturated heterocycles. The second kappa shape index (κ2) is 13.3. The predicted molar refractivity (Wildman–Crippen MR) is 106 cm³/mol. The molecule has 1 aliphatic rings. The van der Waals surface area contributed by atoms with Crippen LogP contribution >= 0.6 is 0 Å². The highest BCUT2D eigenvalue weighted by molar-refractivity contribution is 5.72. The van der Waals surface area contributed by atoms with Gasteiger partial charge in [-0.1, -0.05) is 29.8 Å². The van der Waals surface area contributed by atoms with Gasteiger partial charge in [0.05, 0.1) is 6.61 Å². The van der Waals surface area contributed by atoms with Crippen molar-refractivity contribution in [1.29, 1.82) is 0 Å². The Morgan fingerprint density at radius 1 is 1.26 bits per heavy atom. The van der Waals surface area contributed by atoms with E-state index in [0.29, 0.717) is 13.2 Å². The minimum atomic E-state index is -0.0126. The van der Waals surface area contributed by atoms with E-state index >= 15 is 0 Å². The van der Waals surface area contributed by atoms with Crippen LogP contribution in [-0.4, -0.2) is 62.3 Å². The van der Waals surface area contributed by atoms with Crippen LogP contribution in [-0.2, 0) is 25.6 Å². The highest BCUT2D eigenvalue weighted by atomic mass is 16.7. The molecule has 1 aromatic carbocycles. The lowest BCUT2D eigenvalue weighted by Crippen LogP contribution is -2.27. The van der Waals surface area contributed by atoms with Crippen molar-refractivity contribution in [2.45, 2.75) is 52.4 Å². The first-order valence-electron chi connectivity index (χ1n) is 9.58. The molecule has 6 nitrogen and oxygen atoms in total. The van der Waals surface area contributed by atoms with Crippen molar-refractivity contribution in [3.8, 4) is 0 Å². The molecule has 0 bridgehead atoms. The summed E-state index contributed by atoms with van der Waals surface area (Å²) in [6, 6.07) is 8.17. The highest BCUT2D eigenvalue weighted by Crippen LogP contribution is 2.13. The molecule has 1 unspecified atom stereocenters. The van der Waals surface area contributed by atoms with E-state index in [9.17, 15) is 9.59 Å². The lowest BCUT2D eigenvalue weighted by atomic mass is 10.1. The van der Waals surface area contributed by atoms with Crippen molar-refractivity contribution in [1.82, 2.24) is 9.80 Å². The van der Waals surface area contributed by atoms with E-state index < -0.39 is 0 Å². The van der Waals surface area contributed by atoms with E-state index in [1.165, 1.54) is 12.0 Å². The summed E-state index contributed by atoms with van der Waals surface area (Å²) in [5, 5.41) is 0. The van der Waals surface area contributed by atoms with E-state index in [-0.39, 0.29) is 12.2 Å². The SMILES string of the molecule is CC(=O)N(C)CCCOC1CCCCO1.Cc1ccc(CN(C)C=O)cc1. The molecule has 2 amide bonds. The first-order chi connectivity index (χ1) is 12.9. The summed E-state index contributed by atoms with van der Waals surface area (Å²) < 4.78 is 11.0. The predicted octanol–water partition coefficient (Wildman–Crippen LogP) is 2.98. The molecule has 0 N–H and O–H groups in total. The third-order valence-electron chi connectivity index (χ3n) is 4.35. The quantitative estimate of drug-likeness (QED) is 0.515. The van der Waals surface area contributed by atoms with Gasteiger partial charge in [0.2, 0.25) is 12.3 Å². The van der Waals surface area contributed by atoms with E-state index in [0.717, 1.165) is 44.4 Å². The molecule has 1 atom stereocenters. The van der Waals surface area contributed by atoms with Crippen molar-refractivity contribution in [2.75, 3.05) is 33.9 Å². The third kappa shape index (κ3) is 10.7. The first kappa shape index (κ1) is 23.1. The maximum atomic E-state index is 10.9. The van der Waals surface area contributed by atoms with Crippen molar-refractivity contribution in [2.24, 2.45) is 0 Å². The summed E-state index contributed by atoms with van der Waals surface area (Å²) in [5.41, 5.74) is 2.41. The van der Waals surface area contributed by atoms with E-state index in [2.05, 4.69) is 0 Å². The summed E-state index contributed by atoms with van der Waals surface area (Å²) in [6.07, 6.45) is 5.03. The lowest BCUT2D eigenvalue weighted by molar-refractivity contribution is -0.163. The summed E-state index contributed by atoms with van der Waals surface area (Å²) in [7, 11) is 3.58. The lowest BCUT2D eigenvalue weighted by Gasteiger charge is -2.23. The van der Waals surface area contributed by atoms with Gasteiger partial charge >= 0.3 is 0 Å². The molecule has 152 valence electrons. The van der Waals surface area contributed by atoms with Gasteiger partial charge in [-0.2, -0.15) is 0 Å². The molecular formula is C21H34N2O4. The molecule has 1 heterocycles. The van der Waals surface area contributed by atoms with Crippen LogP contribution in [0.4, 0.5) is 0 Å². The summed E-state index contributed by atoms with van der Waals surface area (Å²) >= 11 is 0. The topological polar surface area (TPSA) is 59.1 Å². The molecule has 1 fully saturated rings. The second-order valence-corrected chi connectivity index (χ2v) is 6.97. The Morgan fingerprint density at radius 2 is 1.96 bits per heavy atom. The van der Waals surface area contributed by atoms with Crippen LogP contribution in [0.15, 0.2) is 24.3 Å². The molecule has 0 aromatic heterocycles. The summed E-state index contributed by atoms with van der Waals surface area (Å²) in [4.78, 5) is 24.5. The molecule has 0 aliphatic carbocycles. The standard InChI is InChI=1S/C11H21NO3.C10H13NO/c1-10(13)12(2)7-5-9-15-11-6-3-4-8-14-11;1-9-3-5-10(6-4-9)7-11(2)8-12/h11H,3-9H2,1-2H3;3-6,8H,7H2,1-2H3. The van der Waals surface area contributed by atoms with Crippen molar-refractivity contribution >= 4 is 12.3 Å². The Bertz CT molecular complexity index is 542. The smallest absolute Gasteiger partial charge is 0.219 e. The highest BCUT2D eigenvalue weighted by Gasteiger charge is 2.13. The van der Waals surface area contributed by atoms with Crippen LogP contribution in [0.25, 0.3) is 0 Å². The number of hydrogen-bond donors (Lipinski definition) is 0. The van der Waals surface area contributed by atoms with Crippen LogP contribution in [0.2, 0.25) is 0 Å². The number of rotatable bonds is 8. The van der Waals surface area contributed by atoms with Crippen molar-refractivity contribution in [3.63, 3.8) is 0 Å². The number of ether oxygens (including phenoxy) is 2. The maximum Gasteiger partial charge on any atom is 0.219 e. The van der Waals surface area contributed by atoms with Crippen molar-refractivity contribution < 1.29 is 19.1 Å². The van der Waals surface area contributed by atoms with Gasteiger partial charge in [0.1, 0.15) is 0 Å². The van der Waals surface area contributed by atoms with Crippen LogP contribution in [0, 0.1) is 6.92 Å². The number of hydrogen-bond acceptors (Lipinski definition) is 4. The van der Waals surface area contributed by atoms with Crippen LogP contribution in [0.1, 0.15) is 43.7 Å². The Hall–Kier alpha value is -1.92. The molecule has 0 radical (unpaired) electrons. The van der Waals surface area contributed by atoms with Gasteiger partial charge in [-0.3, -0.25) is 9.59 Å². The monoisotopic (exact) mass is 378 g/mol. The zero-order valence-corrected chi connectivity index (χ0v) is 17.1. The van der Waals surface area contributed by atoms with Gasteiger partial charge in [0.25, 0.3) is 0 Å².